The highest BCUT2D eigenvalue weighted by molar-refractivity contribution is 6.30. The molecule has 25 heavy (non-hydrogen) atoms. The summed E-state index contributed by atoms with van der Waals surface area (Å²) < 4.78 is 14.0. The Morgan fingerprint density at radius 2 is 2.12 bits per heavy atom. The van der Waals surface area contributed by atoms with E-state index in [1.165, 1.54) is 18.3 Å². The molecule has 0 radical (unpaired) electrons. The van der Waals surface area contributed by atoms with Crippen molar-refractivity contribution in [3.63, 3.8) is 0 Å². The number of benzene rings is 1. The van der Waals surface area contributed by atoms with Crippen LogP contribution < -0.4 is 11.2 Å². The first-order chi connectivity index (χ1) is 12.3. The summed E-state index contributed by atoms with van der Waals surface area (Å²) in [5.41, 5.74) is -0.377. The van der Waals surface area contributed by atoms with Crippen LogP contribution in [0.1, 0.15) is 30.3 Å². The molecule has 9 heteroatoms. The number of nitrogens with one attached hydrogen (secondary N) is 1. The van der Waals surface area contributed by atoms with Crippen LogP contribution in [-0.2, 0) is 13.0 Å². The van der Waals surface area contributed by atoms with Gasteiger partial charge in [0.2, 0.25) is 5.89 Å². The molecule has 2 N–H and O–H groups in total. The average Bonchev–Trinajstić information content (AvgIpc) is 3.02. The van der Waals surface area contributed by atoms with Crippen LogP contribution in [0.3, 0.4) is 0 Å². The molecule has 1 aromatic carbocycles. The lowest BCUT2D eigenvalue weighted by Crippen LogP contribution is -2.36. The zero-order chi connectivity index (χ0) is 18.9. The third-order valence-electron chi connectivity index (χ3n) is 3.55. The van der Waals surface area contributed by atoms with E-state index in [1.54, 1.807) is 19.1 Å². The Balaban J connectivity index is 1.80. The minimum absolute atomic E-state index is 0.0186. The zero-order valence-electron chi connectivity index (χ0n) is 14.2. The van der Waals surface area contributed by atoms with Gasteiger partial charge in [0.15, 0.2) is 5.82 Å². The van der Waals surface area contributed by atoms with Gasteiger partial charge in [0, 0.05) is 23.2 Å². The molecular weight excluding hydrogens is 348 g/mol. The number of H-pyrrole nitrogens is 1. The summed E-state index contributed by atoms with van der Waals surface area (Å²) in [5, 5.41) is 14.5. The number of nitrogens with zero attached hydrogens (tertiary/aromatic N) is 3. The van der Waals surface area contributed by atoms with Gasteiger partial charge in [0.05, 0.1) is 7.45 Å². The highest BCUT2D eigenvalue weighted by Crippen LogP contribution is 2.19. The molecule has 3 aromatic rings. The van der Waals surface area contributed by atoms with Crippen molar-refractivity contribution < 1.29 is 11.0 Å². The van der Waals surface area contributed by atoms with Gasteiger partial charge in [0.1, 0.15) is 6.54 Å². The second-order valence-electron chi connectivity index (χ2n) is 5.40. The monoisotopic (exact) mass is 363 g/mol. The fourth-order valence-corrected chi connectivity index (χ4v) is 2.34. The van der Waals surface area contributed by atoms with Crippen LogP contribution in [0.25, 0.3) is 0 Å². The number of aromatic amines is 1. The van der Waals surface area contributed by atoms with Gasteiger partial charge in [-0.1, -0.05) is 28.9 Å². The predicted octanol–water partition coefficient (Wildman–Crippen LogP) is 1.21. The van der Waals surface area contributed by atoms with E-state index in [1.807, 2.05) is 0 Å². The Morgan fingerprint density at radius 3 is 2.84 bits per heavy atom. The molecule has 130 valence electrons. The maximum Gasteiger partial charge on any atom is 0.328 e. The molecule has 0 saturated carbocycles. The smallest absolute Gasteiger partial charge is 0.328 e. The van der Waals surface area contributed by atoms with E-state index < -0.39 is 17.3 Å². The number of halogens is 1. The van der Waals surface area contributed by atoms with E-state index >= 15 is 0 Å². The third-order valence-corrected chi connectivity index (χ3v) is 3.80. The molecule has 0 aliphatic rings. The van der Waals surface area contributed by atoms with Gasteiger partial charge >= 0.3 is 5.69 Å². The van der Waals surface area contributed by atoms with Gasteiger partial charge < -0.3 is 14.6 Å². The standard InChI is InChI=1S/C16H15ClN4O4/c1-9-7-18-16(24)21(15(9)23)8-14-19-13(20-25-14)6-12(22)10-2-4-11(17)5-3-10/h2-5,7,12,22H,6,8H2,1H3,(H,18,24)/i12D. The lowest BCUT2D eigenvalue weighted by molar-refractivity contribution is 0.174. The van der Waals surface area contributed by atoms with Crippen molar-refractivity contribution in [3.05, 3.63) is 79.2 Å². The Bertz CT molecular complexity index is 1040. The molecule has 0 aliphatic heterocycles. The van der Waals surface area contributed by atoms with E-state index in [0.29, 0.717) is 16.1 Å². The number of hydrogen-bond acceptors (Lipinski definition) is 6. The van der Waals surface area contributed by atoms with E-state index in [4.69, 9.17) is 17.5 Å². The summed E-state index contributed by atoms with van der Waals surface area (Å²) in [4.78, 5) is 30.3. The van der Waals surface area contributed by atoms with Gasteiger partial charge in [-0.05, 0) is 24.6 Å². The lowest BCUT2D eigenvalue weighted by atomic mass is 10.1. The fourth-order valence-electron chi connectivity index (χ4n) is 2.21. The molecule has 2 heterocycles. The topological polar surface area (TPSA) is 114 Å². The second kappa shape index (κ2) is 7.04. The number of aliphatic hydroxyl groups is 1. The summed E-state index contributed by atoms with van der Waals surface area (Å²) in [6.07, 6.45) is -0.896. The molecule has 1 unspecified atom stereocenters. The number of aryl methyl sites for hydroxylation is 1. The molecule has 0 amide bonds. The molecule has 3 rings (SSSR count). The van der Waals surface area contributed by atoms with Crippen LogP contribution in [0.4, 0.5) is 0 Å². The molecular formula is C16H15ClN4O4. The van der Waals surface area contributed by atoms with Crippen molar-refractivity contribution >= 4 is 11.6 Å². The van der Waals surface area contributed by atoms with E-state index in [-0.39, 0.29) is 24.7 Å². The molecule has 2 aromatic heterocycles. The Kier molecular flexibility index (Phi) is 4.45. The van der Waals surface area contributed by atoms with Gasteiger partial charge in [-0.3, -0.25) is 9.36 Å². The molecule has 1 atom stereocenters. The normalized spacial score (nSPS) is 14.1. The minimum atomic E-state index is -1.98. The molecule has 0 bridgehead atoms. The summed E-state index contributed by atoms with van der Waals surface area (Å²) >= 11 is 5.80. The first-order valence-corrected chi connectivity index (χ1v) is 7.73. The number of aromatic nitrogens is 4. The molecule has 0 saturated heterocycles. The quantitative estimate of drug-likeness (QED) is 0.704. The van der Waals surface area contributed by atoms with Crippen molar-refractivity contribution in [1.29, 1.82) is 0 Å². The van der Waals surface area contributed by atoms with Crippen LogP contribution in [0.5, 0.6) is 0 Å². The van der Waals surface area contributed by atoms with Gasteiger partial charge in [0.25, 0.3) is 5.56 Å². The van der Waals surface area contributed by atoms with Gasteiger partial charge in [-0.25, -0.2) is 4.79 Å². The summed E-state index contributed by atoms with van der Waals surface area (Å²) in [7, 11) is 0. The maximum atomic E-state index is 12.0. The number of hydrogen-bond donors (Lipinski definition) is 2. The Hall–Kier alpha value is -2.71. The largest absolute Gasteiger partial charge is 0.388 e. The van der Waals surface area contributed by atoms with E-state index in [9.17, 15) is 14.7 Å². The highest BCUT2D eigenvalue weighted by Gasteiger charge is 2.15. The maximum absolute atomic E-state index is 12.0. The molecule has 8 nitrogen and oxygen atoms in total. The van der Waals surface area contributed by atoms with E-state index in [0.717, 1.165) is 4.57 Å². The van der Waals surface area contributed by atoms with Crippen molar-refractivity contribution in [3.8, 4) is 0 Å². The third kappa shape index (κ3) is 3.86. The van der Waals surface area contributed by atoms with Gasteiger partial charge in [-0.15, -0.1) is 0 Å². The van der Waals surface area contributed by atoms with Gasteiger partial charge in [-0.2, -0.15) is 4.98 Å². The number of rotatable bonds is 5. The SMILES string of the molecule is [2H]C(O)(Cc1noc(Cn2c(=O)[nH]cc(C)c2=O)n1)c1ccc(Cl)cc1. The van der Waals surface area contributed by atoms with E-state index in [2.05, 4.69) is 15.1 Å². The van der Waals surface area contributed by atoms with Crippen LogP contribution in [0, 0.1) is 6.92 Å². The first-order valence-electron chi connectivity index (χ1n) is 7.85. The summed E-state index contributed by atoms with van der Waals surface area (Å²) in [6.45, 7) is 1.36. The average molecular weight is 364 g/mol. The predicted molar refractivity (Wildman–Crippen MR) is 89.6 cm³/mol. The second-order valence-corrected chi connectivity index (χ2v) is 5.84. The molecule has 0 aliphatic carbocycles. The molecule has 0 fully saturated rings. The summed E-state index contributed by atoms with van der Waals surface area (Å²) in [6, 6.07) is 6.19. The van der Waals surface area contributed by atoms with Crippen molar-refractivity contribution in [1.82, 2.24) is 19.7 Å². The van der Waals surface area contributed by atoms with Crippen molar-refractivity contribution in [2.24, 2.45) is 0 Å². The highest BCUT2D eigenvalue weighted by atomic mass is 35.5. The molecule has 0 spiro atoms. The lowest BCUT2D eigenvalue weighted by Gasteiger charge is -2.08. The Morgan fingerprint density at radius 1 is 1.40 bits per heavy atom. The van der Waals surface area contributed by atoms with Crippen LogP contribution in [-0.4, -0.2) is 24.8 Å². The Labute approximate surface area is 148 Å². The fraction of sp³-hybridized carbons (Fsp3) is 0.250. The first kappa shape index (κ1) is 15.8. The minimum Gasteiger partial charge on any atom is -0.388 e. The van der Waals surface area contributed by atoms with Crippen LogP contribution >= 0.6 is 11.6 Å². The van der Waals surface area contributed by atoms with Crippen LogP contribution in [0.2, 0.25) is 5.02 Å². The zero-order valence-corrected chi connectivity index (χ0v) is 13.9. The summed E-state index contributed by atoms with van der Waals surface area (Å²) in [5.74, 6) is 0.0923. The van der Waals surface area contributed by atoms with Crippen LogP contribution in [0.15, 0.2) is 44.6 Å². The van der Waals surface area contributed by atoms with Crippen molar-refractivity contribution in [2.75, 3.05) is 0 Å². The van der Waals surface area contributed by atoms with Crippen molar-refractivity contribution in [2.45, 2.75) is 26.0 Å².